The first-order valence-electron chi connectivity index (χ1n) is 2.44. The van der Waals surface area contributed by atoms with Gasteiger partial charge in [0.05, 0.1) is 13.2 Å². The van der Waals surface area contributed by atoms with Gasteiger partial charge in [-0.3, -0.25) is 9.13 Å². The van der Waals surface area contributed by atoms with E-state index >= 15 is 0 Å². The fourth-order valence-corrected chi connectivity index (χ4v) is 0. The minimum absolute atomic E-state index is 0.125. The lowest BCUT2D eigenvalue weighted by Gasteiger charge is -1.70. The van der Waals surface area contributed by atoms with E-state index in [4.69, 9.17) is 38.9 Å². The maximum Gasteiger partial charge on any atom is 0.314 e. The SMILES string of the molecule is O=[PH](O)O.O=[PH](O)O.OCCO. The van der Waals surface area contributed by atoms with E-state index in [-0.39, 0.29) is 13.2 Å². The molecule has 6 N–H and O–H groups in total. The molecule has 0 unspecified atom stereocenters. The Morgan fingerprint density at radius 2 is 0.833 bits per heavy atom. The van der Waals surface area contributed by atoms with Crippen LogP contribution in [0.5, 0.6) is 0 Å². The molecule has 0 bridgehead atoms. The van der Waals surface area contributed by atoms with Gasteiger partial charge in [0.25, 0.3) is 0 Å². The molecule has 12 heavy (non-hydrogen) atoms. The third-order valence-corrected chi connectivity index (χ3v) is 0.1000. The van der Waals surface area contributed by atoms with Gasteiger partial charge in [0.1, 0.15) is 0 Å². The summed E-state index contributed by atoms with van der Waals surface area (Å²) in [6.07, 6.45) is 0. The van der Waals surface area contributed by atoms with Crippen LogP contribution in [0.3, 0.4) is 0 Å². The second-order valence-electron chi connectivity index (χ2n) is 1.01. The van der Waals surface area contributed by atoms with Crippen LogP contribution in [-0.2, 0) is 9.13 Å². The van der Waals surface area contributed by atoms with Crippen molar-refractivity contribution in [1.82, 2.24) is 0 Å². The summed E-state index contributed by atoms with van der Waals surface area (Å²) in [7, 11) is -6.26. The summed E-state index contributed by atoms with van der Waals surface area (Å²) in [5.74, 6) is 0. The molecule has 0 aliphatic carbocycles. The molecule has 0 saturated heterocycles. The highest BCUT2D eigenvalue weighted by molar-refractivity contribution is 7.31. The Kier molecular flexibility index (Phi) is 26.2. The Morgan fingerprint density at radius 1 is 0.750 bits per heavy atom. The van der Waals surface area contributed by atoms with Crippen molar-refractivity contribution in [2.75, 3.05) is 13.2 Å². The summed E-state index contributed by atoms with van der Waals surface area (Å²) in [6.45, 7) is -0.250. The van der Waals surface area contributed by atoms with Crippen molar-refractivity contribution in [3.05, 3.63) is 0 Å². The van der Waals surface area contributed by atoms with Crippen molar-refractivity contribution in [3.63, 3.8) is 0 Å². The molecular weight excluding hydrogens is 214 g/mol. The van der Waals surface area contributed by atoms with E-state index in [9.17, 15) is 0 Å². The van der Waals surface area contributed by atoms with Crippen LogP contribution in [-0.4, -0.2) is 43.0 Å². The van der Waals surface area contributed by atoms with Gasteiger partial charge in [-0.15, -0.1) is 0 Å². The zero-order valence-corrected chi connectivity index (χ0v) is 7.91. The molecule has 0 aromatic heterocycles. The molecule has 0 spiro atoms. The molecule has 0 aromatic carbocycles. The molecule has 0 fully saturated rings. The third kappa shape index (κ3) is 584. The largest absolute Gasteiger partial charge is 0.394 e. The lowest BCUT2D eigenvalue weighted by atomic mass is 10.8. The molecule has 0 atom stereocenters. The molecule has 10 heteroatoms. The highest BCUT2D eigenvalue weighted by atomic mass is 31.1. The Labute approximate surface area is 69.6 Å². The molecule has 0 heterocycles. The molecule has 0 amide bonds. The van der Waals surface area contributed by atoms with Gasteiger partial charge in [0.2, 0.25) is 0 Å². The van der Waals surface area contributed by atoms with Gasteiger partial charge >= 0.3 is 16.5 Å². The van der Waals surface area contributed by atoms with Crippen LogP contribution in [0, 0.1) is 0 Å². The molecule has 0 aliphatic rings. The van der Waals surface area contributed by atoms with Crippen LogP contribution >= 0.6 is 16.5 Å². The number of rotatable bonds is 1. The van der Waals surface area contributed by atoms with Gasteiger partial charge in [-0.2, -0.15) is 0 Å². The standard InChI is InChI=1S/C2H6O2.2H3O3P/c3-1-2-4;2*1-4(2)3/h3-4H,1-2H2;2*4H,(H2,1,2,3). The zero-order valence-electron chi connectivity index (χ0n) is 5.91. The third-order valence-electron chi connectivity index (χ3n) is 0.1000. The average Bonchev–Trinajstić information content (AvgIpc) is 1.85. The van der Waals surface area contributed by atoms with Crippen LogP contribution in [0.1, 0.15) is 0 Å². The summed E-state index contributed by atoms with van der Waals surface area (Å²) in [5.41, 5.74) is 0. The van der Waals surface area contributed by atoms with Crippen molar-refractivity contribution in [3.8, 4) is 0 Å². The minimum Gasteiger partial charge on any atom is -0.394 e. The van der Waals surface area contributed by atoms with Crippen molar-refractivity contribution < 1.29 is 38.9 Å². The summed E-state index contributed by atoms with van der Waals surface area (Å²) in [4.78, 5) is 28.6. The predicted octanol–water partition coefficient (Wildman–Crippen LogP) is -2.31. The number of hydrogen-bond acceptors (Lipinski definition) is 4. The van der Waals surface area contributed by atoms with Gasteiger partial charge in [-0.1, -0.05) is 0 Å². The van der Waals surface area contributed by atoms with Crippen LogP contribution in [0.4, 0.5) is 0 Å². The fraction of sp³-hybridized carbons (Fsp3) is 1.00. The second-order valence-corrected chi connectivity index (χ2v) is 2.14. The normalized spacial score (nSPS) is 8.33. The Balaban J connectivity index is -0.000000101. The smallest absolute Gasteiger partial charge is 0.314 e. The number of aliphatic hydroxyl groups excluding tert-OH is 2. The second kappa shape index (κ2) is 17.3. The average molecular weight is 226 g/mol. The molecule has 8 nitrogen and oxygen atoms in total. The van der Waals surface area contributed by atoms with Crippen LogP contribution in [0.2, 0.25) is 0 Å². The minimum atomic E-state index is -3.13. The van der Waals surface area contributed by atoms with Crippen LogP contribution < -0.4 is 0 Å². The predicted molar refractivity (Wildman–Crippen MR) is 41.0 cm³/mol. The van der Waals surface area contributed by atoms with Gasteiger partial charge in [-0.25, -0.2) is 0 Å². The molecule has 0 radical (unpaired) electrons. The quantitative estimate of drug-likeness (QED) is 0.272. The summed E-state index contributed by atoms with van der Waals surface area (Å²) >= 11 is 0. The van der Waals surface area contributed by atoms with Crippen molar-refractivity contribution in [2.45, 2.75) is 0 Å². The summed E-state index contributed by atoms with van der Waals surface area (Å²) in [5, 5.41) is 15.2. The first-order chi connectivity index (χ1) is 5.38. The maximum absolute atomic E-state index is 8.74. The van der Waals surface area contributed by atoms with E-state index in [2.05, 4.69) is 0 Å². The van der Waals surface area contributed by atoms with Crippen molar-refractivity contribution in [1.29, 1.82) is 0 Å². The molecule has 0 saturated carbocycles. The summed E-state index contributed by atoms with van der Waals surface area (Å²) < 4.78 is 17.5. The van der Waals surface area contributed by atoms with E-state index in [0.29, 0.717) is 0 Å². The Hall–Kier alpha value is 0.220. The zero-order chi connectivity index (χ0) is 10.6. The topological polar surface area (TPSA) is 156 Å². The van der Waals surface area contributed by atoms with E-state index < -0.39 is 16.5 Å². The molecule has 0 rings (SSSR count). The van der Waals surface area contributed by atoms with E-state index in [1.165, 1.54) is 0 Å². The lowest BCUT2D eigenvalue weighted by Crippen LogP contribution is -1.85. The molecular formula is C2H12O8P2. The van der Waals surface area contributed by atoms with E-state index in [1.54, 1.807) is 0 Å². The molecule has 0 aromatic rings. The van der Waals surface area contributed by atoms with E-state index in [1.807, 2.05) is 0 Å². The maximum atomic E-state index is 8.74. The highest BCUT2D eigenvalue weighted by Gasteiger charge is 1.62. The lowest BCUT2D eigenvalue weighted by molar-refractivity contribution is 0.186. The molecule has 78 valence electrons. The van der Waals surface area contributed by atoms with Crippen molar-refractivity contribution >= 4 is 16.5 Å². The van der Waals surface area contributed by atoms with Crippen LogP contribution in [0.15, 0.2) is 0 Å². The van der Waals surface area contributed by atoms with E-state index in [0.717, 1.165) is 0 Å². The fourth-order valence-electron chi connectivity index (χ4n) is 0. The Bertz CT molecular complexity index is 91.6. The Morgan fingerprint density at radius 3 is 0.833 bits per heavy atom. The first kappa shape index (κ1) is 18.1. The van der Waals surface area contributed by atoms with Crippen molar-refractivity contribution in [2.24, 2.45) is 0 Å². The van der Waals surface area contributed by atoms with Crippen LogP contribution in [0.25, 0.3) is 0 Å². The number of hydrogen-bond donors (Lipinski definition) is 6. The molecule has 0 aliphatic heterocycles. The van der Waals surface area contributed by atoms with Gasteiger partial charge in [0, 0.05) is 0 Å². The summed E-state index contributed by atoms with van der Waals surface area (Å²) in [6, 6.07) is 0. The highest BCUT2D eigenvalue weighted by Crippen LogP contribution is 1.98. The van der Waals surface area contributed by atoms with Gasteiger partial charge < -0.3 is 29.8 Å². The monoisotopic (exact) mass is 226 g/mol. The van der Waals surface area contributed by atoms with Gasteiger partial charge in [0.15, 0.2) is 0 Å². The first-order valence-corrected chi connectivity index (χ1v) is 5.04. The number of aliphatic hydroxyl groups is 2. The van der Waals surface area contributed by atoms with Gasteiger partial charge in [-0.05, 0) is 0 Å².